The Morgan fingerprint density at radius 3 is 2.17 bits per heavy atom. The molecule has 2 fully saturated rings. The van der Waals surface area contributed by atoms with Gasteiger partial charge in [-0.25, -0.2) is 26.9 Å². The number of fused-ring (bicyclic) bond motifs is 1. The highest BCUT2D eigenvalue weighted by Crippen LogP contribution is 2.32. The van der Waals surface area contributed by atoms with E-state index in [9.17, 15) is 30.0 Å². The standard InChI is InChI=1S/C32H40F3N5O5S2/c1-45-31-21-26(47(3,43)44)9-10-29(31)36-15-5-6-24-20-27-28(7-4-8-30(27)40(24)22-32(33,34)35)37-23-11-16-38(17-12-23)39-18-13-25(14-19-39)46(2,41)42/h4,7-10,20-21,23,25,36-37H,11-19,22H2,1-3H3. The summed E-state index contributed by atoms with van der Waals surface area (Å²) < 4.78 is 95.1. The van der Waals surface area contributed by atoms with Gasteiger partial charge in [-0.2, -0.15) is 13.2 Å². The summed E-state index contributed by atoms with van der Waals surface area (Å²) in [6, 6.07) is 11.5. The fourth-order valence-electron chi connectivity index (χ4n) is 6.25. The van der Waals surface area contributed by atoms with E-state index in [0.717, 1.165) is 37.9 Å². The lowest BCUT2D eigenvalue weighted by Crippen LogP contribution is -2.53. The first-order valence-corrected chi connectivity index (χ1v) is 19.2. The lowest BCUT2D eigenvalue weighted by Gasteiger charge is -2.43. The number of benzene rings is 2. The second-order valence-electron chi connectivity index (χ2n) is 12.1. The Labute approximate surface area is 274 Å². The van der Waals surface area contributed by atoms with Gasteiger partial charge in [-0.3, -0.25) is 0 Å². The number of hydrogen-bond donors (Lipinski definition) is 2. The number of aromatic nitrogens is 1. The number of hydrazine groups is 1. The minimum atomic E-state index is -4.46. The van der Waals surface area contributed by atoms with Crippen LogP contribution in [0.2, 0.25) is 0 Å². The fourth-order valence-corrected chi connectivity index (χ4v) is 7.96. The molecule has 0 aliphatic carbocycles. The molecule has 2 aromatic carbocycles. The van der Waals surface area contributed by atoms with Crippen molar-refractivity contribution in [3.05, 3.63) is 48.2 Å². The zero-order chi connectivity index (χ0) is 34.0. The van der Waals surface area contributed by atoms with Crippen molar-refractivity contribution >= 4 is 42.0 Å². The van der Waals surface area contributed by atoms with Crippen molar-refractivity contribution in [3.63, 3.8) is 0 Å². The van der Waals surface area contributed by atoms with E-state index < -0.39 is 32.4 Å². The van der Waals surface area contributed by atoms with Crippen molar-refractivity contribution in [2.45, 2.75) is 54.6 Å². The van der Waals surface area contributed by atoms with Crippen LogP contribution in [0.4, 0.5) is 24.5 Å². The van der Waals surface area contributed by atoms with Crippen molar-refractivity contribution in [2.24, 2.45) is 0 Å². The average Bonchev–Trinajstić information content (AvgIpc) is 3.35. The molecule has 2 aliphatic rings. The van der Waals surface area contributed by atoms with Crippen molar-refractivity contribution in [3.8, 4) is 17.6 Å². The first kappa shape index (κ1) is 34.9. The summed E-state index contributed by atoms with van der Waals surface area (Å²) in [6.07, 6.45) is 0.863. The molecule has 0 unspecified atom stereocenters. The minimum Gasteiger partial charge on any atom is -0.495 e. The van der Waals surface area contributed by atoms with Crippen LogP contribution in [-0.2, 0) is 26.2 Å². The van der Waals surface area contributed by atoms with Gasteiger partial charge in [-0.1, -0.05) is 12.0 Å². The molecule has 0 atom stereocenters. The van der Waals surface area contributed by atoms with Gasteiger partial charge in [-0.05, 0) is 61.9 Å². The second kappa shape index (κ2) is 14.0. The van der Waals surface area contributed by atoms with E-state index in [0.29, 0.717) is 48.3 Å². The Hall–Kier alpha value is -3.45. The summed E-state index contributed by atoms with van der Waals surface area (Å²) in [5.74, 6) is 6.09. The highest BCUT2D eigenvalue weighted by atomic mass is 32.2. The largest absolute Gasteiger partial charge is 0.495 e. The number of halogens is 3. The fraction of sp³-hybridized carbons (Fsp3) is 0.500. The van der Waals surface area contributed by atoms with E-state index in [-0.39, 0.29) is 28.4 Å². The number of nitrogens with one attached hydrogen (secondary N) is 2. The first-order valence-electron chi connectivity index (χ1n) is 15.4. The van der Waals surface area contributed by atoms with Gasteiger partial charge in [0.05, 0.1) is 40.7 Å². The van der Waals surface area contributed by atoms with E-state index in [1.807, 2.05) is 6.07 Å². The van der Waals surface area contributed by atoms with Crippen LogP contribution in [0.5, 0.6) is 5.75 Å². The molecular formula is C32H40F3N5O5S2. The molecule has 256 valence electrons. The molecule has 2 aliphatic heterocycles. The van der Waals surface area contributed by atoms with Crippen molar-refractivity contribution < 1.29 is 34.7 Å². The topological polar surface area (TPSA) is 113 Å². The van der Waals surface area contributed by atoms with Crippen LogP contribution in [-0.4, -0.2) is 101 Å². The zero-order valence-corrected chi connectivity index (χ0v) is 28.2. The minimum absolute atomic E-state index is 0.0811. The van der Waals surface area contributed by atoms with Gasteiger partial charge in [-0.15, -0.1) is 0 Å². The Kier molecular flexibility index (Phi) is 10.4. The maximum atomic E-state index is 13.7. The van der Waals surface area contributed by atoms with Crippen LogP contribution in [0.15, 0.2) is 47.4 Å². The number of sulfone groups is 2. The number of hydrogen-bond acceptors (Lipinski definition) is 9. The second-order valence-corrected chi connectivity index (χ2v) is 16.5. The van der Waals surface area contributed by atoms with E-state index in [4.69, 9.17) is 4.74 Å². The van der Waals surface area contributed by atoms with Gasteiger partial charge in [0.1, 0.15) is 22.1 Å². The third-order valence-electron chi connectivity index (χ3n) is 8.72. The molecule has 0 spiro atoms. The van der Waals surface area contributed by atoms with Gasteiger partial charge in [0.25, 0.3) is 0 Å². The number of methoxy groups -OCH3 is 1. The SMILES string of the molecule is COc1cc(S(C)(=O)=O)ccc1NCC#Cc1cc2c(NC3CCN(N4CCC(S(C)(=O)=O)CC4)CC3)cccc2n1CC(F)(F)F. The molecule has 3 heterocycles. The first-order chi connectivity index (χ1) is 22.1. The zero-order valence-electron chi connectivity index (χ0n) is 26.6. The maximum absolute atomic E-state index is 13.7. The monoisotopic (exact) mass is 695 g/mol. The van der Waals surface area contributed by atoms with E-state index in [1.54, 1.807) is 24.3 Å². The molecule has 10 nitrogen and oxygen atoms in total. The molecule has 5 rings (SSSR count). The number of rotatable bonds is 9. The highest BCUT2D eigenvalue weighted by molar-refractivity contribution is 7.91. The molecule has 47 heavy (non-hydrogen) atoms. The number of piperidine rings is 2. The number of nitrogens with zero attached hydrogens (tertiary/aromatic N) is 3. The smallest absolute Gasteiger partial charge is 0.406 e. The maximum Gasteiger partial charge on any atom is 0.406 e. The summed E-state index contributed by atoms with van der Waals surface area (Å²) in [5.41, 5.74) is 1.89. The van der Waals surface area contributed by atoms with E-state index in [1.165, 1.54) is 30.1 Å². The third-order valence-corrected chi connectivity index (χ3v) is 11.5. The Morgan fingerprint density at radius 1 is 0.915 bits per heavy atom. The summed E-state index contributed by atoms with van der Waals surface area (Å²) in [4.78, 5) is 0.101. The van der Waals surface area contributed by atoms with Crippen LogP contribution in [0.25, 0.3) is 10.9 Å². The molecule has 2 N–H and O–H groups in total. The van der Waals surface area contributed by atoms with Gasteiger partial charge in [0, 0.05) is 61.9 Å². The lowest BCUT2D eigenvalue weighted by molar-refractivity contribution is -0.140. The van der Waals surface area contributed by atoms with Crippen molar-refractivity contribution in [1.29, 1.82) is 0 Å². The normalized spacial score (nSPS) is 17.7. The van der Waals surface area contributed by atoms with Crippen LogP contribution >= 0.6 is 0 Å². The Morgan fingerprint density at radius 2 is 1.57 bits per heavy atom. The quantitative estimate of drug-likeness (QED) is 0.315. The number of anilines is 2. The molecule has 3 aromatic rings. The van der Waals surface area contributed by atoms with Crippen molar-refractivity contribution in [2.75, 3.05) is 63.0 Å². The molecule has 0 saturated carbocycles. The molecule has 0 amide bonds. The van der Waals surface area contributed by atoms with Crippen LogP contribution in [0.1, 0.15) is 31.4 Å². The van der Waals surface area contributed by atoms with E-state index >= 15 is 0 Å². The lowest BCUT2D eigenvalue weighted by atomic mass is 10.0. The molecule has 0 radical (unpaired) electrons. The Balaban J connectivity index is 1.28. The predicted octanol–water partition coefficient (Wildman–Crippen LogP) is 4.38. The van der Waals surface area contributed by atoms with Crippen molar-refractivity contribution in [1.82, 2.24) is 14.6 Å². The Bertz CT molecular complexity index is 1870. The summed E-state index contributed by atoms with van der Waals surface area (Å²) in [5, 5.41) is 11.5. The summed E-state index contributed by atoms with van der Waals surface area (Å²) in [7, 11) is -5.05. The summed E-state index contributed by atoms with van der Waals surface area (Å²) in [6.45, 7) is 1.92. The van der Waals surface area contributed by atoms with Gasteiger partial charge < -0.3 is 19.9 Å². The average molecular weight is 696 g/mol. The van der Waals surface area contributed by atoms with Crippen LogP contribution in [0, 0.1) is 11.8 Å². The van der Waals surface area contributed by atoms with Crippen LogP contribution < -0.4 is 15.4 Å². The highest BCUT2D eigenvalue weighted by Gasteiger charge is 2.32. The number of ether oxygens (including phenoxy) is 1. The van der Waals surface area contributed by atoms with Crippen LogP contribution in [0.3, 0.4) is 0 Å². The molecule has 2 saturated heterocycles. The van der Waals surface area contributed by atoms with E-state index in [2.05, 4.69) is 32.5 Å². The van der Waals surface area contributed by atoms with Gasteiger partial charge >= 0.3 is 6.18 Å². The third kappa shape index (κ3) is 8.72. The molecule has 15 heteroatoms. The van der Waals surface area contributed by atoms with Gasteiger partial charge in [0.15, 0.2) is 9.84 Å². The molecule has 1 aromatic heterocycles. The summed E-state index contributed by atoms with van der Waals surface area (Å²) >= 11 is 0. The predicted molar refractivity (Wildman–Crippen MR) is 177 cm³/mol. The number of alkyl halides is 3. The molecular weight excluding hydrogens is 656 g/mol. The molecule has 0 bridgehead atoms. The van der Waals surface area contributed by atoms with Gasteiger partial charge in [0.2, 0.25) is 0 Å².